The van der Waals surface area contributed by atoms with Gasteiger partial charge in [-0.05, 0) is 23.0 Å². The van der Waals surface area contributed by atoms with Crippen LogP contribution < -0.4 is 5.46 Å². The zero-order valence-corrected chi connectivity index (χ0v) is 8.35. The zero-order valence-electron chi connectivity index (χ0n) is 8.35. The number of benzene rings is 1. The van der Waals surface area contributed by atoms with E-state index in [1.165, 1.54) is 0 Å². The predicted molar refractivity (Wildman–Crippen MR) is 61.8 cm³/mol. The molecule has 2 aromatic rings. The van der Waals surface area contributed by atoms with Gasteiger partial charge in [-0.25, -0.2) is 0 Å². The second kappa shape index (κ2) is 6.24. The molecule has 1 aromatic carbocycles. The van der Waals surface area contributed by atoms with Crippen molar-refractivity contribution >= 4 is 31.2 Å². The maximum Gasteiger partial charge on any atom is 0.488 e. The lowest BCUT2D eigenvalue weighted by molar-refractivity contribution is 0.426. The van der Waals surface area contributed by atoms with Gasteiger partial charge in [-0.2, -0.15) is 0 Å². The molecule has 7 heteroatoms. The topological polar surface area (TPSA) is 93.8 Å². The Morgan fingerprint density at radius 2 is 1.81 bits per heavy atom. The smallest absolute Gasteiger partial charge is 0.429 e. The summed E-state index contributed by atoms with van der Waals surface area (Å²) in [6, 6.07) is 8.83. The van der Waals surface area contributed by atoms with E-state index in [2.05, 4.69) is 4.98 Å². The van der Waals surface area contributed by atoms with Gasteiger partial charge >= 0.3 is 14.8 Å². The van der Waals surface area contributed by atoms with E-state index in [1.807, 2.05) is 12.1 Å². The molecule has 0 atom stereocenters. The second-order valence-corrected chi connectivity index (χ2v) is 2.94. The van der Waals surface area contributed by atoms with Crippen molar-refractivity contribution in [2.45, 2.75) is 0 Å². The molecule has 0 aliphatic carbocycles. The first-order valence-electron chi connectivity index (χ1n) is 4.50. The van der Waals surface area contributed by atoms with E-state index in [0.29, 0.717) is 5.46 Å². The molecule has 0 spiro atoms. The van der Waals surface area contributed by atoms with Crippen LogP contribution in [0, 0.1) is 0 Å². The Morgan fingerprint density at radius 3 is 2.44 bits per heavy atom. The maximum atomic E-state index is 8.92. The predicted octanol–water partition coefficient (Wildman–Crippen LogP) is -1.58. The normalized spacial score (nSPS) is 9.25. The van der Waals surface area contributed by atoms with Crippen molar-refractivity contribution < 1.29 is 20.1 Å². The minimum atomic E-state index is -1.41. The highest BCUT2D eigenvalue weighted by Gasteiger charge is 2.10. The third kappa shape index (κ3) is 3.32. The largest absolute Gasteiger partial charge is 0.488 e. The van der Waals surface area contributed by atoms with Gasteiger partial charge in [0.25, 0.3) is 0 Å². The Balaban J connectivity index is 0.000000386. The summed E-state index contributed by atoms with van der Waals surface area (Å²) in [5, 5.41) is 32.7. The van der Waals surface area contributed by atoms with Gasteiger partial charge in [0, 0.05) is 6.20 Å². The van der Waals surface area contributed by atoms with Crippen molar-refractivity contribution in [3.05, 3.63) is 36.5 Å². The van der Waals surface area contributed by atoms with E-state index in [4.69, 9.17) is 20.1 Å². The minimum Gasteiger partial charge on any atom is -0.429 e. The average Bonchev–Trinajstić information content (AvgIpc) is 2.29. The third-order valence-corrected chi connectivity index (χ3v) is 1.93. The Labute approximate surface area is 93.5 Å². The molecule has 81 valence electrons. The molecule has 0 aliphatic rings. The molecule has 1 aromatic heterocycles. The molecule has 0 unspecified atom stereocenters. The van der Waals surface area contributed by atoms with Crippen LogP contribution in [0.15, 0.2) is 36.5 Å². The molecular formula is C9H10B2NO4. The minimum absolute atomic E-state index is 0. The van der Waals surface area contributed by atoms with Gasteiger partial charge in [-0.1, -0.05) is 18.2 Å². The summed E-state index contributed by atoms with van der Waals surface area (Å²) in [6.45, 7) is 0. The number of hydrogen-bond donors (Lipinski definition) is 4. The maximum absolute atomic E-state index is 8.92. The number of fused-ring (bicyclic) bond motifs is 1. The monoisotopic (exact) mass is 218 g/mol. The highest BCUT2D eigenvalue weighted by atomic mass is 16.4. The van der Waals surface area contributed by atoms with Crippen molar-refractivity contribution in [2.75, 3.05) is 0 Å². The molecule has 0 fully saturated rings. The number of pyridine rings is 1. The van der Waals surface area contributed by atoms with Crippen LogP contribution >= 0.6 is 0 Å². The number of hydrogen-bond acceptors (Lipinski definition) is 5. The first kappa shape index (κ1) is 12.7. The standard InChI is InChI=1S/C9H8BNO2.BH2O2/c12-10(13)8-3-4-9-7(6-8)2-1-5-11-9;2-1-3/h1-6,12-13H;2-3H. The first-order valence-corrected chi connectivity index (χ1v) is 4.50. The molecule has 0 saturated carbocycles. The van der Waals surface area contributed by atoms with Crippen molar-refractivity contribution in [3.8, 4) is 0 Å². The number of aromatic nitrogens is 1. The summed E-state index contributed by atoms with van der Waals surface area (Å²) in [4.78, 5) is 4.12. The molecule has 0 amide bonds. The van der Waals surface area contributed by atoms with Crippen LogP contribution in [0.2, 0.25) is 0 Å². The number of rotatable bonds is 1. The summed E-state index contributed by atoms with van der Waals surface area (Å²) in [7, 11) is -1.41. The van der Waals surface area contributed by atoms with Gasteiger partial charge in [0.1, 0.15) is 0 Å². The van der Waals surface area contributed by atoms with Crippen LogP contribution in [0.1, 0.15) is 0 Å². The van der Waals surface area contributed by atoms with E-state index in [9.17, 15) is 0 Å². The van der Waals surface area contributed by atoms with Crippen LogP contribution in [-0.4, -0.2) is 39.9 Å². The number of nitrogens with zero attached hydrogens (tertiary/aromatic N) is 1. The molecule has 0 aliphatic heterocycles. The molecule has 2 rings (SSSR count). The molecule has 5 nitrogen and oxygen atoms in total. The van der Waals surface area contributed by atoms with E-state index in [-0.39, 0.29) is 7.69 Å². The summed E-state index contributed by atoms with van der Waals surface area (Å²) in [6.07, 6.45) is 1.71. The van der Waals surface area contributed by atoms with E-state index < -0.39 is 7.12 Å². The summed E-state index contributed by atoms with van der Waals surface area (Å²) >= 11 is 0. The fourth-order valence-electron chi connectivity index (χ4n) is 1.25. The van der Waals surface area contributed by atoms with E-state index in [1.54, 1.807) is 24.4 Å². The van der Waals surface area contributed by atoms with Crippen molar-refractivity contribution in [2.24, 2.45) is 0 Å². The van der Waals surface area contributed by atoms with Gasteiger partial charge in [-0.15, -0.1) is 0 Å². The van der Waals surface area contributed by atoms with Crippen LogP contribution in [0.3, 0.4) is 0 Å². The highest BCUT2D eigenvalue weighted by Crippen LogP contribution is 2.07. The quantitative estimate of drug-likeness (QED) is 0.433. The van der Waals surface area contributed by atoms with Gasteiger partial charge in [-0.3, -0.25) is 4.98 Å². The van der Waals surface area contributed by atoms with Gasteiger partial charge < -0.3 is 20.1 Å². The first-order chi connectivity index (χ1) is 7.69. The van der Waals surface area contributed by atoms with Crippen molar-refractivity contribution in [3.63, 3.8) is 0 Å². The molecule has 0 saturated heterocycles. The van der Waals surface area contributed by atoms with Crippen molar-refractivity contribution in [1.82, 2.24) is 4.98 Å². The molecule has 4 N–H and O–H groups in total. The van der Waals surface area contributed by atoms with Gasteiger partial charge in [0.15, 0.2) is 0 Å². The molecule has 1 radical (unpaired) electrons. The second-order valence-electron chi connectivity index (χ2n) is 2.94. The summed E-state index contributed by atoms with van der Waals surface area (Å²) in [5.74, 6) is 0. The van der Waals surface area contributed by atoms with Crippen LogP contribution in [0.25, 0.3) is 10.9 Å². The van der Waals surface area contributed by atoms with Crippen LogP contribution in [-0.2, 0) is 0 Å². The highest BCUT2D eigenvalue weighted by molar-refractivity contribution is 6.58. The Morgan fingerprint density at radius 1 is 1.12 bits per heavy atom. The zero-order chi connectivity index (χ0) is 12.0. The van der Waals surface area contributed by atoms with Crippen LogP contribution in [0.5, 0.6) is 0 Å². The molecule has 1 heterocycles. The molecule has 16 heavy (non-hydrogen) atoms. The fourth-order valence-corrected chi connectivity index (χ4v) is 1.25. The fraction of sp³-hybridized carbons (Fsp3) is 0. The third-order valence-electron chi connectivity index (χ3n) is 1.93. The lowest BCUT2D eigenvalue weighted by Crippen LogP contribution is -2.29. The average molecular weight is 218 g/mol. The van der Waals surface area contributed by atoms with Crippen LogP contribution in [0.4, 0.5) is 0 Å². The van der Waals surface area contributed by atoms with Gasteiger partial charge in [0.05, 0.1) is 5.52 Å². The Bertz CT molecular complexity index is 452. The summed E-state index contributed by atoms with van der Waals surface area (Å²) in [5.41, 5.74) is 1.34. The van der Waals surface area contributed by atoms with E-state index in [0.717, 1.165) is 10.9 Å². The van der Waals surface area contributed by atoms with Crippen molar-refractivity contribution in [1.29, 1.82) is 0 Å². The molecular weight excluding hydrogens is 208 g/mol. The molecule has 0 bridgehead atoms. The summed E-state index contributed by atoms with van der Waals surface area (Å²) < 4.78 is 0. The lowest BCUT2D eigenvalue weighted by atomic mass is 9.80. The van der Waals surface area contributed by atoms with E-state index >= 15 is 0 Å². The van der Waals surface area contributed by atoms with Gasteiger partial charge in [0.2, 0.25) is 0 Å². The lowest BCUT2D eigenvalue weighted by Gasteiger charge is -2.00. The Kier molecular flexibility index (Phi) is 4.94. The SMILES string of the molecule is OB(O)c1ccc2ncccc2c1.O[B]O. The Hall–Kier alpha value is -1.40.